The monoisotopic (exact) mass is 248 g/mol. The Morgan fingerprint density at radius 2 is 1.94 bits per heavy atom. The zero-order chi connectivity index (χ0) is 12.8. The number of aldehydes is 1. The summed E-state index contributed by atoms with van der Waals surface area (Å²) in [6, 6.07) is 0. The van der Waals surface area contributed by atoms with E-state index in [9.17, 15) is 9.59 Å². The summed E-state index contributed by atoms with van der Waals surface area (Å²) in [5, 5.41) is 0. The van der Waals surface area contributed by atoms with E-state index in [1.165, 1.54) is 0 Å². The first-order valence-corrected chi connectivity index (χ1v) is 6.10. The van der Waals surface area contributed by atoms with Crippen molar-refractivity contribution < 1.29 is 14.3 Å². The number of esters is 1. The summed E-state index contributed by atoms with van der Waals surface area (Å²) < 4.78 is 5.27. The minimum Gasteiger partial charge on any atom is -0.459 e. The van der Waals surface area contributed by atoms with Gasteiger partial charge < -0.3 is 9.53 Å². The number of carbonyl (C=O) groups is 2. The molecule has 0 rings (SSSR count). The Morgan fingerprint density at radius 3 is 2.25 bits per heavy atom. The quantitative estimate of drug-likeness (QED) is 0.314. The Kier molecular flexibility index (Phi) is 6.01. The molecular formula is C12H21ClO3. The number of carbonyl (C=O) groups excluding carboxylic acids is 2. The standard InChI is InChI=1S/C12H21ClO3/c1-5-12(9-14,7-6-8-13)10(15)16-11(2,3)4/h9H,5-8H2,1-4H3. The first-order valence-electron chi connectivity index (χ1n) is 5.57. The molecule has 4 heteroatoms. The zero-order valence-electron chi connectivity index (χ0n) is 10.5. The Balaban J connectivity index is 4.75. The van der Waals surface area contributed by atoms with Crippen LogP contribution in [0.1, 0.15) is 47.0 Å². The maximum atomic E-state index is 12.0. The van der Waals surface area contributed by atoms with E-state index in [2.05, 4.69) is 0 Å². The van der Waals surface area contributed by atoms with Gasteiger partial charge in [-0.2, -0.15) is 0 Å². The summed E-state index contributed by atoms with van der Waals surface area (Å²) in [6.07, 6.45) is 2.23. The second-order valence-corrected chi connectivity index (χ2v) is 5.30. The van der Waals surface area contributed by atoms with Crippen molar-refractivity contribution in [1.29, 1.82) is 0 Å². The number of rotatable bonds is 6. The predicted octanol–water partition coefficient (Wildman–Crippen LogP) is 2.94. The van der Waals surface area contributed by atoms with Crippen molar-refractivity contribution in [2.24, 2.45) is 5.41 Å². The molecule has 0 heterocycles. The van der Waals surface area contributed by atoms with E-state index in [0.717, 1.165) is 0 Å². The molecule has 0 fully saturated rings. The van der Waals surface area contributed by atoms with Crippen LogP contribution in [0.3, 0.4) is 0 Å². The van der Waals surface area contributed by atoms with Crippen molar-refractivity contribution in [3.05, 3.63) is 0 Å². The molecule has 0 aliphatic carbocycles. The molecule has 0 spiro atoms. The van der Waals surface area contributed by atoms with E-state index in [-0.39, 0.29) is 0 Å². The highest BCUT2D eigenvalue weighted by atomic mass is 35.5. The van der Waals surface area contributed by atoms with E-state index in [1.54, 1.807) is 20.8 Å². The molecule has 1 unspecified atom stereocenters. The van der Waals surface area contributed by atoms with Gasteiger partial charge >= 0.3 is 5.97 Å². The fourth-order valence-electron chi connectivity index (χ4n) is 1.38. The van der Waals surface area contributed by atoms with Gasteiger partial charge in [0.05, 0.1) is 0 Å². The minimum atomic E-state index is -1.03. The average Bonchev–Trinajstić information content (AvgIpc) is 2.17. The van der Waals surface area contributed by atoms with Gasteiger partial charge in [-0.1, -0.05) is 6.92 Å². The van der Waals surface area contributed by atoms with Crippen LogP contribution < -0.4 is 0 Å². The van der Waals surface area contributed by atoms with E-state index < -0.39 is 17.0 Å². The van der Waals surface area contributed by atoms with Crippen molar-refractivity contribution in [2.45, 2.75) is 52.6 Å². The summed E-state index contributed by atoms with van der Waals surface area (Å²) >= 11 is 5.59. The van der Waals surface area contributed by atoms with Crippen LogP contribution in [0, 0.1) is 5.41 Å². The highest BCUT2D eigenvalue weighted by Gasteiger charge is 2.39. The summed E-state index contributed by atoms with van der Waals surface area (Å²) in [5.41, 5.74) is -1.59. The molecule has 0 N–H and O–H groups in total. The summed E-state index contributed by atoms with van der Waals surface area (Å²) in [5.74, 6) is 0.000823. The SMILES string of the molecule is CCC(C=O)(CCCCl)C(=O)OC(C)(C)C. The van der Waals surface area contributed by atoms with Crippen LogP contribution in [-0.4, -0.2) is 23.7 Å². The second-order valence-electron chi connectivity index (χ2n) is 4.92. The van der Waals surface area contributed by atoms with Gasteiger partial charge in [0.1, 0.15) is 17.3 Å². The molecule has 0 bridgehead atoms. The fourth-order valence-corrected chi connectivity index (χ4v) is 1.51. The van der Waals surface area contributed by atoms with Crippen LogP contribution in [0.15, 0.2) is 0 Å². The van der Waals surface area contributed by atoms with Gasteiger partial charge in [0.25, 0.3) is 0 Å². The molecule has 0 saturated carbocycles. The van der Waals surface area contributed by atoms with E-state index in [0.29, 0.717) is 31.4 Å². The largest absolute Gasteiger partial charge is 0.459 e. The van der Waals surface area contributed by atoms with E-state index in [1.807, 2.05) is 6.92 Å². The topological polar surface area (TPSA) is 43.4 Å². The van der Waals surface area contributed by atoms with E-state index in [4.69, 9.17) is 16.3 Å². The molecule has 0 aromatic rings. The number of alkyl halides is 1. The predicted molar refractivity (Wildman–Crippen MR) is 64.6 cm³/mol. The Bertz CT molecular complexity index is 245. The highest BCUT2D eigenvalue weighted by molar-refractivity contribution is 6.17. The third-order valence-corrected chi connectivity index (χ3v) is 2.69. The third kappa shape index (κ3) is 4.52. The molecule has 3 nitrogen and oxygen atoms in total. The van der Waals surface area contributed by atoms with Gasteiger partial charge in [0.2, 0.25) is 0 Å². The van der Waals surface area contributed by atoms with Gasteiger partial charge in [-0.25, -0.2) is 0 Å². The second kappa shape index (κ2) is 6.24. The highest BCUT2D eigenvalue weighted by Crippen LogP contribution is 2.29. The molecule has 0 amide bonds. The Morgan fingerprint density at radius 1 is 1.38 bits per heavy atom. The smallest absolute Gasteiger partial charge is 0.319 e. The average molecular weight is 249 g/mol. The van der Waals surface area contributed by atoms with Gasteiger partial charge in [-0.05, 0) is 40.0 Å². The molecular weight excluding hydrogens is 228 g/mol. The van der Waals surface area contributed by atoms with Crippen LogP contribution in [-0.2, 0) is 14.3 Å². The van der Waals surface area contributed by atoms with Crippen LogP contribution in [0.25, 0.3) is 0 Å². The maximum Gasteiger partial charge on any atom is 0.319 e. The lowest BCUT2D eigenvalue weighted by atomic mass is 9.82. The van der Waals surface area contributed by atoms with Gasteiger partial charge in [-0.3, -0.25) is 4.79 Å². The third-order valence-electron chi connectivity index (χ3n) is 2.42. The summed E-state index contributed by atoms with van der Waals surface area (Å²) in [7, 11) is 0. The van der Waals surface area contributed by atoms with Crippen LogP contribution in [0.2, 0.25) is 0 Å². The van der Waals surface area contributed by atoms with Crippen molar-refractivity contribution in [3.63, 3.8) is 0 Å². The van der Waals surface area contributed by atoms with Crippen LogP contribution in [0.4, 0.5) is 0 Å². The number of ether oxygens (including phenoxy) is 1. The molecule has 0 aromatic carbocycles. The lowest BCUT2D eigenvalue weighted by Gasteiger charge is -2.29. The normalized spacial score (nSPS) is 15.3. The minimum absolute atomic E-state index is 0.442. The van der Waals surface area contributed by atoms with Gasteiger partial charge in [-0.15, -0.1) is 11.6 Å². The van der Waals surface area contributed by atoms with Crippen molar-refractivity contribution in [1.82, 2.24) is 0 Å². The van der Waals surface area contributed by atoms with Gasteiger partial charge in [0.15, 0.2) is 0 Å². The lowest BCUT2D eigenvalue weighted by molar-refractivity contribution is -0.168. The van der Waals surface area contributed by atoms with Crippen molar-refractivity contribution in [2.75, 3.05) is 5.88 Å². The molecule has 0 saturated heterocycles. The lowest BCUT2D eigenvalue weighted by Crippen LogP contribution is -2.38. The van der Waals surface area contributed by atoms with Crippen LogP contribution >= 0.6 is 11.6 Å². The van der Waals surface area contributed by atoms with E-state index >= 15 is 0 Å². The first-order chi connectivity index (χ1) is 7.31. The molecule has 1 atom stereocenters. The molecule has 0 aromatic heterocycles. The maximum absolute atomic E-state index is 12.0. The number of hydrogen-bond donors (Lipinski definition) is 0. The zero-order valence-corrected chi connectivity index (χ0v) is 11.3. The molecule has 0 radical (unpaired) electrons. The first kappa shape index (κ1) is 15.4. The van der Waals surface area contributed by atoms with Crippen molar-refractivity contribution >= 4 is 23.9 Å². The molecule has 0 aliphatic heterocycles. The van der Waals surface area contributed by atoms with Gasteiger partial charge in [0, 0.05) is 5.88 Å². The summed E-state index contributed by atoms with van der Waals surface area (Å²) in [4.78, 5) is 23.1. The number of hydrogen-bond acceptors (Lipinski definition) is 3. The molecule has 0 aliphatic rings. The molecule has 16 heavy (non-hydrogen) atoms. The molecule has 94 valence electrons. The summed E-state index contributed by atoms with van der Waals surface area (Å²) in [6.45, 7) is 7.18. The Hall–Kier alpha value is -0.570. The van der Waals surface area contributed by atoms with Crippen molar-refractivity contribution in [3.8, 4) is 0 Å². The van der Waals surface area contributed by atoms with Crippen LogP contribution in [0.5, 0.6) is 0 Å². The fraction of sp³-hybridized carbons (Fsp3) is 0.833. The number of halogens is 1. The Labute approximate surface area is 102 Å².